The molecule has 2 aliphatic rings. The standard InChI is InChI=1S/C27H33F2N5O4/c1-4-5-6-23-26(36)32(15-19-9-10-20(28)13-22(19)29)16-24-33(23)25(35)17-31(2)34(24)27(37)30-14-18-7-11-21(38-3)12-8-18/h7-13,23-24H,4-6,14-17H2,1-3H3,(H,30,37)/t23-,24-/m0/s1. The van der Waals surface area contributed by atoms with E-state index in [1.54, 1.807) is 26.3 Å². The molecule has 0 aromatic heterocycles. The fourth-order valence-corrected chi connectivity index (χ4v) is 4.98. The molecular weight excluding hydrogens is 496 g/mol. The molecule has 0 spiro atoms. The molecule has 1 N–H and O–H groups in total. The highest BCUT2D eigenvalue weighted by molar-refractivity contribution is 5.91. The number of halogens is 2. The van der Waals surface area contributed by atoms with Crippen LogP contribution in [0.4, 0.5) is 13.6 Å². The van der Waals surface area contributed by atoms with Crippen LogP contribution in [-0.4, -0.2) is 77.1 Å². The van der Waals surface area contributed by atoms with E-state index in [1.165, 1.54) is 25.9 Å². The van der Waals surface area contributed by atoms with E-state index in [-0.39, 0.29) is 43.6 Å². The summed E-state index contributed by atoms with van der Waals surface area (Å²) in [6.07, 6.45) is 1.16. The first-order valence-electron chi connectivity index (χ1n) is 12.7. The number of piperazine rings is 1. The Morgan fingerprint density at radius 3 is 2.53 bits per heavy atom. The minimum atomic E-state index is -0.782. The molecule has 2 saturated heterocycles. The molecule has 2 aromatic carbocycles. The lowest BCUT2D eigenvalue weighted by Crippen LogP contribution is -2.75. The maximum absolute atomic E-state index is 14.5. The van der Waals surface area contributed by atoms with E-state index in [0.717, 1.165) is 24.1 Å². The van der Waals surface area contributed by atoms with Crippen LogP contribution in [0.3, 0.4) is 0 Å². The van der Waals surface area contributed by atoms with E-state index in [0.29, 0.717) is 18.6 Å². The van der Waals surface area contributed by atoms with Gasteiger partial charge in [0.15, 0.2) is 0 Å². The number of benzene rings is 2. The number of likely N-dealkylation sites (N-methyl/N-ethyl adjacent to an activating group) is 1. The number of nitrogens with zero attached hydrogens (tertiary/aromatic N) is 4. The summed E-state index contributed by atoms with van der Waals surface area (Å²) in [5.74, 6) is -1.32. The molecule has 4 rings (SSSR count). The molecule has 0 bridgehead atoms. The first-order valence-corrected chi connectivity index (χ1v) is 12.7. The zero-order chi connectivity index (χ0) is 27.4. The number of urea groups is 1. The van der Waals surface area contributed by atoms with Crippen molar-refractivity contribution in [1.82, 2.24) is 25.1 Å². The summed E-state index contributed by atoms with van der Waals surface area (Å²) in [6.45, 7) is 2.06. The summed E-state index contributed by atoms with van der Waals surface area (Å²) in [5.41, 5.74) is 1.02. The Labute approximate surface area is 220 Å². The van der Waals surface area contributed by atoms with E-state index in [9.17, 15) is 23.2 Å². The smallest absolute Gasteiger partial charge is 0.334 e. The monoisotopic (exact) mass is 529 g/mol. The Balaban J connectivity index is 1.59. The molecule has 2 fully saturated rings. The van der Waals surface area contributed by atoms with Gasteiger partial charge in [-0.1, -0.05) is 38.0 Å². The Hall–Kier alpha value is -3.73. The number of carbonyl (C=O) groups is 3. The van der Waals surface area contributed by atoms with Crippen LogP contribution in [0.2, 0.25) is 0 Å². The highest BCUT2D eigenvalue weighted by Crippen LogP contribution is 2.29. The number of ether oxygens (including phenoxy) is 1. The van der Waals surface area contributed by atoms with Crippen LogP contribution in [0.25, 0.3) is 0 Å². The first kappa shape index (κ1) is 27.3. The molecule has 0 radical (unpaired) electrons. The topological polar surface area (TPSA) is 85.4 Å². The van der Waals surface area contributed by atoms with E-state index in [1.807, 2.05) is 19.1 Å². The van der Waals surface area contributed by atoms with Crippen molar-refractivity contribution in [2.45, 2.75) is 51.5 Å². The second kappa shape index (κ2) is 11.8. The molecule has 38 heavy (non-hydrogen) atoms. The molecule has 2 aromatic rings. The van der Waals surface area contributed by atoms with Gasteiger partial charge in [-0.3, -0.25) is 9.59 Å². The molecule has 2 atom stereocenters. The van der Waals surface area contributed by atoms with Gasteiger partial charge in [-0.2, -0.15) is 0 Å². The molecule has 0 unspecified atom stereocenters. The fourth-order valence-electron chi connectivity index (χ4n) is 4.98. The van der Waals surface area contributed by atoms with Crippen LogP contribution in [0.5, 0.6) is 5.75 Å². The van der Waals surface area contributed by atoms with Crippen molar-refractivity contribution in [3.8, 4) is 5.75 Å². The number of hydrogen-bond donors (Lipinski definition) is 1. The molecule has 204 valence electrons. The summed E-state index contributed by atoms with van der Waals surface area (Å²) in [5, 5.41) is 5.88. The molecule has 4 amide bonds. The molecular formula is C27H33F2N5O4. The summed E-state index contributed by atoms with van der Waals surface area (Å²) in [4.78, 5) is 43.1. The maximum Gasteiger partial charge on any atom is 0.334 e. The van der Waals surface area contributed by atoms with Gasteiger partial charge < -0.3 is 19.9 Å². The molecule has 2 heterocycles. The molecule has 2 aliphatic heterocycles. The minimum Gasteiger partial charge on any atom is -0.497 e. The highest BCUT2D eigenvalue weighted by atomic mass is 19.1. The lowest BCUT2D eigenvalue weighted by Gasteiger charge is -2.54. The Morgan fingerprint density at radius 1 is 1.13 bits per heavy atom. The number of amides is 4. The van der Waals surface area contributed by atoms with Crippen molar-refractivity contribution in [1.29, 1.82) is 0 Å². The second-order valence-corrected chi connectivity index (χ2v) is 9.56. The molecule has 0 saturated carbocycles. The molecule has 9 nitrogen and oxygen atoms in total. The van der Waals surface area contributed by atoms with Gasteiger partial charge in [0, 0.05) is 31.8 Å². The Bertz CT molecular complexity index is 1180. The van der Waals surface area contributed by atoms with E-state index < -0.39 is 29.9 Å². The van der Waals surface area contributed by atoms with Gasteiger partial charge >= 0.3 is 6.03 Å². The number of nitrogens with one attached hydrogen (secondary N) is 1. The molecule has 11 heteroatoms. The zero-order valence-corrected chi connectivity index (χ0v) is 21.8. The average molecular weight is 530 g/mol. The summed E-state index contributed by atoms with van der Waals surface area (Å²) < 4.78 is 33.1. The van der Waals surface area contributed by atoms with Crippen LogP contribution in [0, 0.1) is 11.6 Å². The van der Waals surface area contributed by atoms with E-state index in [2.05, 4.69) is 5.32 Å². The van der Waals surface area contributed by atoms with Gasteiger partial charge in [0.1, 0.15) is 29.6 Å². The quantitative estimate of drug-likeness (QED) is 0.568. The largest absolute Gasteiger partial charge is 0.497 e. The summed E-state index contributed by atoms with van der Waals surface area (Å²) in [6, 6.07) is 9.30. The number of unbranched alkanes of at least 4 members (excludes halogenated alkanes) is 1. The number of hydrazine groups is 1. The van der Waals surface area contributed by atoms with Crippen molar-refractivity contribution in [2.24, 2.45) is 0 Å². The lowest BCUT2D eigenvalue weighted by atomic mass is 10.0. The van der Waals surface area contributed by atoms with Crippen molar-refractivity contribution >= 4 is 17.8 Å². The number of rotatable bonds is 8. The van der Waals surface area contributed by atoms with Crippen molar-refractivity contribution < 1.29 is 27.9 Å². The van der Waals surface area contributed by atoms with Crippen LogP contribution >= 0.6 is 0 Å². The van der Waals surface area contributed by atoms with Gasteiger partial charge in [-0.25, -0.2) is 23.6 Å². The lowest BCUT2D eigenvalue weighted by molar-refractivity contribution is -0.188. The van der Waals surface area contributed by atoms with Crippen molar-refractivity contribution in [3.63, 3.8) is 0 Å². The summed E-state index contributed by atoms with van der Waals surface area (Å²) in [7, 11) is 3.22. The summed E-state index contributed by atoms with van der Waals surface area (Å²) >= 11 is 0. The van der Waals surface area contributed by atoms with Gasteiger partial charge in [-0.05, 0) is 30.2 Å². The van der Waals surface area contributed by atoms with E-state index >= 15 is 0 Å². The van der Waals surface area contributed by atoms with Crippen LogP contribution in [0.1, 0.15) is 37.3 Å². The number of hydrogen-bond acceptors (Lipinski definition) is 5. The number of fused-ring (bicyclic) bond motifs is 1. The fraction of sp³-hybridized carbons (Fsp3) is 0.444. The third-order valence-corrected chi connectivity index (χ3v) is 6.96. The number of carbonyl (C=O) groups excluding carboxylic acids is 3. The molecule has 0 aliphatic carbocycles. The SMILES string of the molecule is CCCC[C@H]1C(=O)N(Cc2ccc(F)cc2F)C[C@H]2N1C(=O)CN(C)N2C(=O)NCc1ccc(OC)cc1. The Morgan fingerprint density at radius 2 is 1.87 bits per heavy atom. The normalized spacial score (nSPS) is 20.0. The van der Waals surface area contributed by atoms with Gasteiger partial charge in [0.05, 0.1) is 20.2 Å². The van der Waals surface area contributed by atoms with Gasteiger partial charge in [0.25, 0.3) is 0 Å². The zero-order valence-electron chi connectivity index (χ0n) is 21.8. The van der Waals surface area contributed by atoms with Crippen LogP contribution in [-0.2, 0) is 22.7 Å². The van der Waals surface area contributed by atoms with Crippen LogP contribution in [0.15, 0.2) is 42.5 Å². The van der Waals surface area contributed by atoms with E-state index in [4.69, 9.17) is 4.74 Å². The average Bonchev–Trinajstić information content (AvgIpc) is 2.89. The maximum atomic E-state index is 14.5. The van der Waals surface area contributed by atoms with Gasteiger partial charge in [-0.15, -0.1) is 0 Å². The van der Waals surface area contributed by atoms with Crippen molar-refractivity contribution in [3.05, 3.63) is 65.2 Å². The minimum absolute atomic E-state index is 0.00961. The third-order valence-electron chi connectivity index (χ3n) is 6.96. The first-order chi connectivity index (χ1) is 18.2. The van der Waals surface area contributed by atoms with Crippen LogP contribution < -0.4 is 10.1 Å². The highest BCUT2D eigenvalue weighted by Gasteiger charge is 2.50. The third kappa shape index (κ3) is 5.72. The Kier molecular flexibility index (Phi) is 8.45. The predicted molar refractivity (Wildman–Crippen MR) is 135 cm³/mol. The van der Waals surface area contributed by atoms with Crippen molar-refractivity contribution in [2.75, 3.05) is 27.2 Å². The second-order valence-electron chi connectivity index (χ2n) is 9.56. The number of methoxy groups -OCH3 is 1. The van der Waals surface area contributed by atoms with Gasteiger partial charge in [0.2, 0.25) is 11.8 Å². The predicted octanol–water partition coefficient (Wildman–Crippen LogP) is 3.10.